The Morgan fingerprint density at radius 1 is 0.944 bits per heavy atom. The second-order valence-corrected chi connectivity index (χ2v) is 4.44. The second kappa shape index (κ2) is 4.22. The lowest BCUT2D eigenvalue weighted by Crippen LogP contribution is -1.91. The van der Waals surface area contributed by atoms with Gasteiger partial charge in [-0.25, -0.2) is 0 Å². The average molecular weight is 236 g/mol. The molecule has 0 saturated carbocycles. The maximum absolute atomic E-state index is 3.25. The summed E-state index contributed by atoms with van der Waals surface area (Å²) in [6, 6.07) is 19.1. The number of nitrogens with one attached hydrogen (secondary N) is 1. The second-order valence-electron chi connectivity index (χ2n) is 4.44. The first-order chi connectivity index (χ1) is 8.81. The molecule has 0 aliphatic heterocycles. The fourth-order valence-corrected chi connectivity index (χ4v) is 2.46. The minimum Gasteiger partial charge on any atom is -0.388 e. The Hall–Kier alpha value is -2.22. The van der Waals surface area contributed by atoms with Crippen molar-refractivity contribution in [3.8, 4) is 11.3 Å². The van der Waals surface area contributed by atoms with Crippen molar-refractivity contribution < 1.29 is 0 Å². The molecule has 0 aliphatic rings. The number of nitrogens with zero attached hydrogens (tertiary/aromatic N) is 1. The van der Waals surface area contributed by atoms with E-state index >= 15 is 0 Å². The molecular weight excluding hydrogens is 220 g/mol. The summed E-state index contributed by atoms with van der Waals surface area (Å²) in [5.41, 5.74) is 4.91. The topological polar surface area (TPSA) is 17.0 Å². The van der Waals surface area contributed by atoms with Gasteiger partial charge in [-0.1, -0.05) is 36.4 Å². The fourth-order valence-electron chi connectivity index (χ4n) is 2.46. The van der Waals surface area contributed by atoms with Crippen molar-refractivity contribution in [2.24, 2.45) is 7.05 Å². The van der Waals surface area contributed by atoms with Gasteiger partial charge >= 0.3 is 0 Å². The molecule has 2 nitrogen and oxygen atoms in total. The van der Waals surface area contributed by atoms with Crippen molar-refractivity contribution in [1.29, 1.82) is 0 Å². The molecule has 90 valence electrons. The third-order valence-electron chi connectivity index (χ3n) is 3.43. The molecule has 0 amide bonds. The van der Waals surface area contributed by atoms with Crippen LogP contribution in [0.2, 0.25) is 0 Å². The van der Waals surface area contributed by atoms with Crippen LogP contribution in [0.15, 0.2) is 54.6 Å². The van der Waals surface area contributed by atoms with Crippen LogP contribution in [0.5, 0.6) is 0 Å². The highest BCUT2D eigenvalue weighted by atomic mass is 15.0. The number of benzene rings is 2. The van der Waals surface area contributed by atoms with Crippen LogP contribution in [0.4, 0.5) is 5.69 Å². The molecular formula is C16H16N2. The Kier molecular flexibility index (Phi) is 2.56. The molecule has 0 saturated heterocycles. The van der Waals surface area contributed by atoms with Crippen LogP contribution in [0.3, 0.4) is 0 Å². The van der Waals surface area contributed by atoms with Crippen molar-refractivity contribution in [2.45, 2.75) is 0 Å². The molecule has 0 aliphatic carbocycles. The first-order valence-corrected chi connectivity index (χ1v) is 6.13. The highest BCUT2D eigenvalue weighted by molar-refractivity contribution is 5.96. The Balaban J connectivity index is 2.29. The molecule has 1 N–H and O–H groups in total. The summed E-state index contributed by atoms with van der Waals surface area (Å²) in [5, 5.41) is 4.51. The van der Waals surface area contributed by atoms with Gasteiger partial charge in [-0.2, -0.15) is 0 Å². The van der Waals surface area contributed by atoms with Crippen LogP contribution in [0.25, 0.3) is 22.2 Å². The van der Waals surface area contributed by atoms with Crippen LogP contribution < -0.4 is 5.32 Å². The number of rotatable bonds is 2. The number of fused-ring (bicyclic) bond motifs is 1. The summed E-state index contributed by atoms with van der Waals surface area (Å²) < 4.78 is 2.24. The van der Waals surface area contributed by atoms with Crippen LogP contribution in [0, 0.1) is 0 Å². The highest BCUT2D eigenvalue weighted by Crippen LogP contribution is 2.31. The predicted octanol–water partition coefficient (Wildman–Crippen LogP) is 3.89. The lowest BCUT2D eigenvalue weighted by Gasteiger charge is -2.04. The van der Waals surface area contributed by atoms with E-state index in [1.54, 1.807) is 0 Å². The molecule has 2 aromatic carbocycles. The molecule has 18 heavy (non-hydrogen) atoms. The van der Waals surface area contributed by atoms with Crippen LogP contribution >= 0.6 is 0 Å². The number of aryl methyl sites for hydroxylation is 1. The van der Waals surface area contributed by atoms with Crippen molar-refractivity contribution in [3.63, 3.8) is 0 Å². The van der Waals surface area contributed by atoms with Gasteiger partial charge in [0.05, 0.1) is 5.52 Å². The zero-order valence-corrected chi connectivity index (χ0v) is 10.6. The van der Waals surface area contributed by atoms with Crippen LogP contribution in [0.1, 0.15) is 0 Å². The quantitative estimate of drug-likeness (QED) is 0.714. The molecule has 2 heteroatoms. The van der Waals surface area contributed by atoms with Crippen molar-refractivity contribution in [2.75, 3.05) is 12.4 Å². The van der Waals surface area contributed by atoms with Gasteiger partial charge in [0.15, 0.2) is 0 Å². The van der Waals surface area contributed by atoms with Gasteiger partial charge in [0.1, 0.15) is 0 Å². The van der Waals surface area contributed by atoms with E-state index < -0.39 is 0 Å². The first kappa shape index (κ1) is 10.9. The fraction of sp³-hybridized carbons (Fsp3) is 0.125. The number of anilines is 1. The maximum atomic E-state index is 3.25. The van der Waals surface area contributed by atoms with E-state index in [4.69, 9.17) is 0 Å². The summed E-state index contributed by atoms with van der Waals surface area (Å²) >= 11 is 0. The van der Waals surface area contributed by atoms with Crippen molar-refractivity contribution in [1.82, 2.24) is 4.57 Å². The van der Waals surface area contributed by atoms with Gasteiger partial charge in [-0.3, -0.25) is 0 Å². The Bertz CT molecular complexity index is 681. The molecule has 1 aromatic heterocycles. The summed E-state index contributed by atoms with van der Waals surface area (Å²) in [6.07, 6.45) is 0. The van der Waals surface area contributed by atoms with E-state index in [-0.39, 0.29) is 0 Å². The normalized spacial score (nSPS) is 10.8. The van der Waals surface area contributed by atoms with Gasteiger partial charge in [0, 0.05) is 30.9 Å². The minimum absolute atomic E-state index is 1.17. The summed E-state index contributed by atoms with van der Waals surface area (Å²) in [6.45, 7) is 0. The largest absolute Gasteiger partial charge is 0.388 e. The summed E-state index contributed by atoms with van der Waals surface area (Å²) in [4.78, 5) is 0. The Labute approximate surface area is 107 Å². The third kappa shape index (κ3) is 1.58. The van der Waals surface area contributed by atoms with Crippen LogP contribution in [-0.4, -0.2) is 11.6 Å². The monoisotopic (exact) mass is 236 g/mol. The molecule has 0 atom stereocenters. The third-order valence-corrected chi connectivity index (χ3v) is 3.43. The van der Waals surface area contributed by atoms with Crippen molar-refractivity contribution >= 4 is 16.6 Å². The Morgan fingerprint density at radius 3 is 2.44 bits per heavy atom. The maximum Gasteiger partial charge on any atom is 0.0503 e. The number of hydrogen-bond acceptors (Lipinski definition) is 1. The lowest BCUT2D eigenvalue weighted by molar-refractivity contribution is 0.978. The van der Waals surface area contributed by atoms with Gasteiger partial charge in [-0.05, 0) is 23.8 Å². The van der Waals surface area contributed by atoms with E-state index in [2.05, 4.69) is 65.5 Å². The molecule has 0 bridgehead atoms. The smallest absolute Gasteiger partial charge is 0.0503 e. The van der Waals surface area contributed by atoms with Crippen molar-refractivity contribution in [3.05, 3.63) is 54.6 Å². The van der Waals surface area contributed by atoms with E-state index in [1.807, 2.05) is 13.1 Å². The molecule has 0 fully saturated rings. The lowest BCUT2D eigenvalue weighted by atomic mass is 10.1. The first-order valence-electron chi connectivity index (χ1n) is 6.13. The minimum atomic E-state index is 1.17. The van der Waals surface area contributed by atoms with Gasteiger partial charge in [0.2, 0.25) is 0 Å². The van der Waals surface area contributed by atoms with E-state index in [9.17, 15) is 0 Å². The summed E-state index contributed by atoms with van der Waals surface area (Å²) in [5.74, 6) is 0. The molecule has 0 unspecified atom stereocenters. The average Bonchev–Trinajstić information content (AvgIpc) is 2.77. The SMILES string of the molecule is CNc1cccc2c1cc(-c1ccccc1)n2C. The number of hydrogen-bond donors (Lipinski definition) is 1. The zero-order valence-electron chi connectivity index (χ0n) is 10.6. The highest BCUT2D eigenvalue weighted by Gasteiger charge is 2.09. The van der Waals surface area contributed by atoms with E-state index in [0.29, 0.717) is 0 Å². The van der Waals surface area contributed by atoms with Crippen LogP contribution in [-0.2, 0) is 7.05 Å². The van der Waals surface area contributed by atoms with Gasteiger partial charge in [-0.15, -0.1) is 0 Å². The summed E-state index contributed by atoms with van der Waals surface area (Å²) in [7, 11) is 4.08. The molecule has 3 rings (SSSR count). The van der Waals surface area contributed by atoms with Gasteiger partial charge < -0.3 is 9.88 Å². The Morgan fingerprint density at radius 2 is 1.72 bits per heavy atom. The van der Waals surface area contributed by atoms with Gasteiger partial charge in [0.25, 0.3) is 0 Å². The van der Waals surface area contributed by atoms with E-state index in [0.717, 1.165) is 0 Å². The number of aromatic nitrogens is 1. The molecule has 0 radical (unpaired) electrons. The molecule has 0 spiro atoms. The molecule has 3 aromatic rings. The van der Waals surface area contributed by atoms with E-state index in [1.165, 1.54) is 27.8 Å². The molecule has 1 heterocycles. The standard InChI is InChI=1S/C16H16N2/c1-17-14-9-6-10-15-13(14)11-16(18(15)2)12-7-4-3-5-8-12/h3-11,17H,1-2H3. The predicted molar refractivity (Wildman–Crippen MR) is 77.9 cm³/mol. The zero-order chi connectivity index (χ0) is 12.5.